The van der Waals surface area contributed by atoms with Crippen molar-refractivity contribution in [3.8, 4) is 0 Å². The minimum absolute atomic E-state index is 0.0171. The predicted octanol–water partition coefficient (Wildman–Crippen LogP) is 2.44. The number of carbonyl (C=O) groups excluding carboxylic acids is 1. The number of hydrogen-bond acceptors (Lipinski definition) is 5. The zero-order valence-corrected chi connectivity index (χ0v) is 19.4. The van der Waals surface area contributed by atoms with E-state index in [2.05, 4.69) is 30.8 Å². The maximum Gasteiger partial charge on any atom is 0.263 e. The van der Waals surface area contributed by atoms with E-state index < -0.39 is 0 Å². The summed E-state index contributed by atoms with van der Waals surface area (Å²) in [5, 5.41) is 14.4. The van der Waals surface area contributed by atoms with Gasteiger partial charge in [0.25, 0.3) is 5.91 Å². The van der Waals surface area contributed by atoms with Gasteiger partial charge in [-0.15, -0.1) is 0 Å². The van der Waals surface area contributed by atoms with Crippen LogP contribution >= 0.6 is 11.6 Å². The van der Waals surface area contributed by atoms with Gasteiger partial charge in [-0.3, -0.25) is 10.2 Å². The molecule has 2 aliphatic heterocycles. The van der Waals surface area contributed by atoms with Gasteiger partial charge in [0, 0.05) is 37.7 Å². The van der Waals surface area contributed by atoms with Crippen LogP contribution in [0.4, 0.5) is 0 Å². The second-order valence-corrected chi connectivity index (χ2v) is 10.4. The predicted molar refractivity (Wildman–Crippen MR) is 117 cm³/mol. The van der Waals surface area contributed by atoms with Crippen molar-refractivity contribution in [2.75, 3.05) is 39.3 Å². The van der Waals surface area contributed by atoms with Gasteiger partial charge in [0.1, 0.15) is 23.2 Å². The summed E-state index contributed by atoms with van der Waals surface area (Å²) in [7, 11) is 0. The van der Waals surface area contributed by atoms with Gasteiger partial charge in [-0.1, -0.05) is 25.9 Å². The Morgan fingerprint density at radius 3 is 2.70 bits per heavy atom. The standard InChI is InChI=1S/C22H34ClN5O2/c1-5-25-19(23)17(18(24)16-7-12-30-26-16)20(29)28-10-6-8-22(15-28)13-27(14-22)11-9-21(2,3)4/h7,12,24-25H,5-6,8-11,13-15H2,1-4H3/p+1/b19-17+,24-18?. The average Bonchev–Trinajstić information content (AvgIpc) is 3.19. The molecule has 2 fully saturated rings. The third-order valence-electron chi connectivity index (χ3n) is 6.02. The van der Waals surface area contributed by atoms with E-state index >= 15 is 0 Å². The highest BCUT2D eigenvalue weighted by Crippen LogP contribution is 2.40. The number of halogens is 1. The summed E-state index contributed by atoms with van der Waals surface area (Å²) in [6, 6.07) is 1.59. The van der Waals surface area contributed by atoms with Crippen LogP contribution in [0.25, 0.3) is 0 Å². The van der Waals surface area contributed by atoms with E-state index in [0.29, 0.717) is 29.4 Å². The van der Waals surface area contributed by atoms with Crippen LogP contribution in [0.5, 0.6) is 0 Å². The molecule has 0 unspecified atom stereocenters. The summed E-state index contributed by atoms with van der Waals surface area (Å²) in [5.41, 5.74) is 1.07. The Morgan fingerprint density at radius 1 is 1.37 bits per heavy atom. The summed E-state index contributed by atoms with van der Waals surface area (Å²) in [5.74, 6) is -0.176. The van der Waals surface area contributed by atoms with Gasteiger partial charge in [0.2, 0.25) is 5.16 Å². The van der Waals surface area contributed by atoms with Crippen LogP contribution in [-0.4, -0.2) is 65.8 Å². The molecule has 0 atom stereocenters. The summed E-state index contributed by atoms with van der Waals surface area (Å²) < 4.78 is 4.87. The number of nitrogens with two attached hydrogens (primary N) is 1. The number of piperidine rings is 1. The number of aromatic nitrogens is 1. The molecule has 3 heterocycles. The van der Waals surface area contributed by atoms with Crippen LogP contribution in [0.2, 0.25) is 0 Å². The van der Waals surface area contributed by atoms with E-state index in [4.69, 9.17) is 21.5 Å². The first kappa shape index (κ1) is 23.0. The number of nitrogens with zero attached hydrogens (tertiary/aromatic N) is 3. The first-order valence-electron chi connectivity index (χ1n) is 10.9. The van der Waals surface area contributed by atoms with Crippen molar-refractivity contribution < 1.29 is 14.6 Å². The molecule has 30 heavy (non-hydrogen) atoms. The lowest BCUT2D eigenvalue weighted by Crippen LogP contribution is -2.81. The van der Waals surface area contributed by atoms with Crippen LogP contribution in [0, 0.1) is 16.2 Å². The molecule has 0 aliphatic carbocycles. The zero-order valence-electron chi connectivity index (χ0n) is 18.6. The minimum Gasteiger partial charge on any atom is -0.364 e. The second-order valence-electron chi connectivity index (χ2n) is 9.95. The Labute approximate surface area is 184 Å². The van der Waals surface area contributed by atoms with E-state index in [1.54, 1.807) is 11.4 Å². The molecule has 166 valence electrons. The number of nitrogens with one attached hydrogen (secondary N) is 1. The highest BCUT2D eigenvalue weighted by atomic mass is 35.5. The number of likely N-dealkylation sites (tertiary alicyclic amines) is 2. The summed E-state index contributed by atoms with van der Waals surface area (Å²) in [6.45, 7) is 14.1. The normalized spacial score (nSPS) is 20.1. The molecule has 1 spiro atoms. The monoisotopic (exact) mass is 436 g/mol. The Morgan fingerprint density at radius 2 is 2.10 bits per heavy atom. The zero-order chi connectivity index (χ0) is 21.9. The molecule has 8 heteroatoms. The van der Waals surface area contributed by atoms with Gasteiger partial charge < -0.3 is 19.6 Å². The Hall–Kier alpha value is -1.70. The van der Waals surface area contributed by atoms with Gasteiger partial charge >= 0.3 is 0 Å². The van der Waals surface area contributed by atoms with Gasteiger partial charge in [0.15, 0.2) is 0 Å². The lowest BCUT2D eigenvalue weighted by atomic mass is 9.72. The van der Waals surface area contributed by atoms with Crippen LogP contribution < -0.4 is 5.32 Å². The molecule has 0 bridgehead atoms. The fourth-order valence-electron chi connectivity index (χ4n) is 4.43. The molecule has 1 amide bonds. The molecule has 0 aromatic carbocycles. The Kier molecular flexibility index (Phi) is 7.05. The van der Waals surface area contributed by atoms with Crippen LogP contribution in [0.3, 0.4) is 0 Å². The second kappa shape index (κ2) is 9.20. The third-order valence-corrected chi connectivity index (χ3v) is 6.37. The fourth-order valence-corrected chi connectivity index (χ4v) is 4.76. The molecule has 2 saturated heterocycles. The van der Waals surface area contributed by atoms with Gasteiger partial charge in [0.05, 0.1) is 6.54 Å². The van der Waals surface area contributed by atoms with E-state index in [-0.39, 0.29) is 22.6 Å². The van der Waals surface area contributed by atoms with Crippen molar-refractivity contribution >= 4 is 23.2 Å². The molecule has 0 saturated carbocycles. The Balaban J connectivity index is 1.70. The molecule has 2 aliphatic rings. The maximum atomic E-state index is 13.5. The third kappa shape index (κ3) is 5.31. The fraction of sp³-hybridized carbons (Fsp3) is 0.682. The topological polar surface area (TPSA) is 90.0 Å². The molecular formula is C22H35ClN5O2+. The van der Waals surface area contributed by atoms with E-state index in [1.807, 2.05) is 11.8 Å². The van der Waals surface area contributed by atoms with Crippen LogP contribution in [0.15, 0.2) is 27.6 Å². The first-order valence-corrected chi connectivity index (χ1v) is 11.3. The van der Waals surface area contributed by atoms with E-state index in [0.717, 1.165) is 39.0 Å². The van der Waals surface area contributed by atoms with Gasteiger partial charge in [-0.2, -0.15) is 0 Å². The van der Waals surface area contributed by atoms with Crippen molar-refractivity contribution in [3.05, 3.63) is 28.8 Å². The SMILES string of the molecule is CC[NH2+]/C(Cl)=C(\C(=N)c1ccon1)C(=O)N1CCCC2(CN(CCC(C)(C)C)C2)C1. The van der Waals surface area contributed by atoms with Gasteiger partial charge in [-0.25, -0.2) is 0 Å². The van der Waals surface area contributed by atoms with Crippen molar-refractivity contribution in [1.82, 2.24) is 15.0 Å². The van der Waals surface area contributed by atoms with E-state index in [1.165, 1.54) is 12.7 Å². The molecule has 1 aromatic rings. The molecule has 3 N–H and O–H groups in total. The summed E-state index contributed by atoms with van der Waals surface area (Å²) in [4.78, 5) is 17.9. The van der Waals surface area contributed by atoms with Crippen molar-refractivity contribution in [2.45, 2.75) is 47.0 Å². The highest BCUT2D eigenvalue weighted by Gasteiger charge is 2.47. The van der Waals surface area contributed by atoms with Crippen molar-refractivity contribution in [2.24, 2.45) is 10.8 Å². The quantitative estimate of drug-likeness (QED) is 0.390. The van der Waals surface area contributed by atoms with Crippen molar-refractivity contribution in [1.29, 1.82) is 5.41 Å². The van der Waals surface area contributed by atoms with Gasteiger partial charge in [-0.05, 0) is 49.7 Å². The molecule has 3 rings (SSSR count). The minimum atomic E-state index is -0.176. The Bertz CT molecular complexity index is 791. The van der Waals surface area contributed by atoms with Crippen LogP contribution in [0.1, 0.15) is 52.7 Å². The maximum absolute atomic E-state index is 13.5. The molecule has 7 nitrogen and oxygen atoms in total. The van der Waals surface area contributed by atoms with Crippen LogP contribution in [-0.2, 0) is 4.79 Å². The van der Waals surface area contributed by atoms with Crippen molar-refractivity contribution in [3.63, 3.8) is 0 Å². The number of amides is 1. The number of carbonyl (C=O) groups is 1. The number of quaternary nitrogens is 1. The number of rotatable bonds is 7. The lowest BCUT2D eigenvalue weighted by molar-refractivity contribution is -0.593. The molecular weight excluding hydrogens is 402 g/mol. The summed E-state index contributed by atoms with van der Waals surface area (Å²) in [6.07, 6.45) is 4.71. The molecule has 1 aromatic heterocycles. The van der Waals surface area contributed by atoms with E-state index in [9.17, 15) is 4.79 Å². The smallest absolute Gasteiger partial charge is 0.263 e. The summed E-state index contributed by atoms with van der Waals surface area (Å²) >= 11 is 6.47. The molecule has 0 radical (unpaired) electrons. The average molecular weight is 437 g/mol. The largest absolute Gasteiger partial charge is 0.364 e. The highest BCUT2D eigenvalue weighted by molar-refractivity contribution is 6.37. The first-order chi connectivity index (χ1) is 14.1. The lowest BCUT2D eigenvalue weighted by Gasteiger charge is -2.55. The number of hydrogen-bond donors (Lipinski definition) is 2.